The highest BCUT2D eigenvalue weighted by Gasteiger charge is 2.29. The zero-order chi connectivity index (χ0) is 18.3. The molecule has 1 N–H and O–H groups in total. The van der Waals surface area contributed by atoms with E-state index >= 15 is 0 Å². The van der Waals surface area contributed by atoms with Crippen LogP contribution in [0.5, 0.6) is 5.88 Å². The Kier molecular flexibility index (Phi) is 4.12. The van der Waals surface area contributed by atoms with Gasteiger partial charge in [0, 0.05) is 14.1 Å². The molecule has 1 aromatic heterocycles. The fourth-order valence-electron chi connectivity index (χ4n) is 2.11. The fraction of sp³-hybridized carbons (Fsp3) is 0.167. The maximum atomic E-state index is 12.3. The van der Waals surface area contributed by atoms with Crippen molar-refractivity contribution in [3.63, 3.8) is 0 Å². The Hall–Kier alpha value is -3.21. The highest BCUT2D eigenvalue weighted by molar-refractivity contribution is 6.33. The fourth-order valence-corrected chi connectivity index (χ4v) is 2.34. The van der Waals surface area contributed by atoms with Crippen LogP contribution in [0.2, 0.25) is 5.02 Å². The molecular weight excluding hydrogens is 348 g/mol. The minimum Gasteiger partial charge on any atom is -0.494 e. The minimum atomic E-state index is -1.01. The van der Waals surface area contributed by atoms with Gasteiger partial charge in [-0.25, -0.2) is 4.79 Å². The van der Waals surface area contributed by atoms with Crippen molar-refractivity contribution in [1.82, 2.24) is 9.13 Å². The predicted molar refractivity (Wildman–Crippen MR) is 82.3 cm³/mol. The zero-order valence-electron chi connectivity index (χ0n) is 12.2. The molecule has 0 aliphatic rings. The normalized spacial score (nSPS) is 10.6. The van der Waals surface area contributed by atoms with Gasteiger partial charge in [0.1, 0.15) is 10.6 Å². The molecule has 0 unspecified atom stereocenters. The molecule has 24 heavy (non-hydrogen) atoms. The molecule has 12 heteroatoms. The topological polar surface area (TPSA) is 151 Å². The Morgan fingerprint density at radius 3 is 2.08 bits per heavy atom. The van der Waals surface area contributed by atoms with Crippen molar-refractivity contribution in [2.24, 2.45) is 14.1 Å². The number of hydrogen-bond acceptors (Lipinski definition) is 7. The summed E-state index contributed by atoms with van der Waals surface area (Å²) in [5.41, 5.74) is -4.40. The Morgan fingerprint density at radius 1 is 1.04 bits per heavy atom. The molecule has 1 heterocycles. The van der Waals surface area contributed by atoms with Crippen LogP contribution in [0.25, 0.3) is 11.1 Å². The second-order valence-electron chi connectivity index (χ2n) is 4.74. The van der Waals surface area contributed by atoms with Gasteiger partial charge in [-0.2, -0.15) is 0 Å². The van der Waals surface area contributed by atoms with E-state index in [9.17, 15) is 34.9 Å². The number of hydrogen-bond donors (Lipinski definition) is 1. The minimum absolute atomic E-state index is 0.440. The molecule has 0 spiro atoms. The van der Waals surface area contributed by atoms with Gasteiger partial charge in [0.2, 0.25) is 5.88 Å². The summed E-state index contributed by atoms with van der Waals surface area (Å²) in [5.74, 6) is -0.823. The molecule has 126 valence electrons. The lowest BCUT2D eigenvalue weighted by Crippen LogP contribution is -2.37. The van der Waals surface area contributed by atoms with E-state index in [0.717, 1.165) is 20.2 Å². The summed E-state index contributed by atoms with van der Waals surface area (Å²) in [5, 5.41) is 31.7. The number of aromatic hydroxyl groups is 1. The summed E-state index contributed by atoms with van der Waals surface area (Å²) in [6.45, 7) is 0. The van der Waals surface area contributed by atoms with Crippen LogP contribution in [0.4, 0.5) is 11.4 Å². The molecule has 0 fully saturated rings. The van der Waals surface area contributed by atoms with Gasteiger partial charge < -0.3 is 5.11 Å². The number of halogens is 1. The number of aromatic nitrogens is 2. The highest BCUT2D eigenvalue weighted by atomic mass is 35.5. The number of nitro groups is 2. The van der Waals surface area contributed by atoms with Crippen molar-refractivity contribution in [3.8, 4) is 17.0 Å². The van der Waals surface area contributed by atoms with Gasteiger partial charge in [-0.05, 0) is 6.07 Å². The smallest absolute Gasteiger partial charge is 0.333 e. The summed E-state index contributed by atoms with van der Waals surface area (Å²) in [6.07, 6.45) is 0. The first kappa shape index (κ1) is 17.1. The summed E-state index contributed by atoms with van der Waals surface area (Å²) >= 11 is 5.74. The van der Waals surface area contributed by atoms with Crippen molar-refractivity contribution in [2.75, 3.05) is 0 Å². The third kappa shape index (κ3) is 2.50. The van der Waals surface area contributed by atoms with Crippen molar-refractivity contribution in [3.05, 3.63) is 58.2 Å². The Morgan fingerprint density at radius 2 is 1.58 bits per heavy atom. The number of benzene rings is 1. The average molecular weight is 357 g/mol. The van der Waals surface area contributed by atoms with E-state index in [0.29, 0.717) is 15.2 Å². The first-order valence-electron chi connectivity index (χ1n) is 6.19. The second-order valence-corrected chi connectivity index (χ2v) is 5.15. The van der Waals surface area contributed by atoms with Gasteiger partial charge >= 0.3 is 5.69 Å². The largest absolute Gasteiger partial charge is 0.494 e. The van der Waals surface area contributed by atoms with E-state index in [2.05, 4.69) is 0 Å². The van der Waals surface area contributed by atoms with Crippen molar-refractivity contribution in [2.45, 2.75) is 0 Å². The Balaban J connectivity index is 3.01. The first-order valence-corrected chi connectivity index (χ1v) is 6.57. The monoisotopic (exact) mass is 356 g/mol. The molecule has 0 saturated heterocycles. The summed E-state index contributed by atoms with van der Waals surface area (Å²) in [4.78, 5) is 44.2. The summed E-state index contributed by atoms with van der Waals surface area (Å²) < 4.78 is 1.34. The molecule has 0 bridgehead atoms. The van der Waals surface area contributed by atoms with Crippen LogP contribution in [0.1, 0.15) is 0 Å². The van der Waals surface area contributed by atoms with E-state index in [-0.39, 0.29) is 0 Å². The van der Waals surface area contributed by atoms with Crippen LogP contribution >= 0.6 is 11.6 Å². The van der Waals surface area contributed by atoms with Crippen LogP contribution < -0.4 is 11.2 Å². The summed E-state index contributed by atoms with van der Waals surface area (Å²) in [7, 11) is 2.27. The molecule has 0 radical (unpaired) electrons. The maximum Gasteiger partial charge on any atom is 0.333 e. The highest BCUT2D eigenvalue weighted by Crippen LogP contribution is 2.39. The third-order valence-corrected chi connectivity index (χ3v) is 3.66. The lowest BCUT2D eigenvalue weighted by molar-refractivity contribution is -0.393. The molecule has 0 aliphatic heterocycles. The summed E-state index contributed by atoms with van der Waals surface area (Å²) in [6, 6.07) is 1.42. The molecule has 0 saturated carbocycles. The molecular formula is C12H9ClN4O7. The second kappa shape index (κ2) is 5.77. The molecule has 1 aromatic carbocycles. The molecule has 0 atom stereocenters. The van der Waals surface area contributed by atoms with Crippen LogP contribution in [0.15, 0.2) is 21.7 Å². The lowest BCUT2D eigenvalue weighted by Gasteiger charge is -2.11. The first-order chi connectivity index (χ1) is 11.1. The van der Waals surface area contributed by atoms with Crippen molar-refractivity contribution < 1.29 is 15.0 Å². The zero-order valence-corrected chi connectivity index (χ0v) is 13.0. The number of nitro benzene ring substituents is 2. The third-order valence-electron chi connectivity index (χ3n) is 3.36. The quantitative estimate of drug-likeness (QED) is 0.634. The van der Waals surface area contributed by atoms with Crippen LogP contribution in [0, 0.1) is 20.2 Å². The van der Waals surface area contributed by atoms with E-state index < -0.39 is 54.5 Å². The van der Waals surface area contributed by atoms with E-state index in [1.807, 2.05) is 0 Å². The van der Waals surface area contributed by atoms with Crippen molar-refractivity contribution >= 4 is 23.0 Å². The molecule has 0 amide bonds. The number of nitrogens with zero attached hydrogens (tertiary/aromatic N) is 4. The van der Waals surface area contributed by atoms with Gasteiger partial charge in [0.25, 0.3) is 16.9 Å². The molecule has 0 aliphatic carbocycles. The molecule has 11 nitrogen and oxygen atoms in total. The van der Waals surface area contributed by atoms with Gasteiger partial charge in [-0.1, -0.05) is 11.6 Å². The van der Waals surface area contributed by atoms with E-state index in [4.69, 9.17) is 11.6 Å². The maximum absolute atomic E-state index is 12.3. The van der Waals surface area contributed by atoms with Crippen LogP contribution in [-0.2, 0) is 14.1 Å². The average Bonchev–Trinajstić information content (AvgIpc) is 2.50. The van der Waals surface area contributed by atoms with E-state index in [1.165, 1.54) is 0 Å². The van der Waals surface area contributed by atoms with Gasteiger partial charge in [0.05, 0.1) is 21.5 Å². The SMILES string of the molecule is Cn1c(O)c(-c2cc(Cl)c([N+](=O)[O-])cc2[N+](=O)[O-])c(=O)n(C)c1=O. The lowest BCUT2D eigenvalue weighted by atomic mass is 10.0. The predicted octanol–water partition coefficient (Wildman–Crippen LogP) is 0.926. The van der Waals surface area contributed by atoms with Crippen molar-refractivity contribution in [1.29, 1.82) is 0 Å². The van der Waals surface area contributed by atoms with Crippen LogP contribution in [0.3, 0.4) is 0 Å². The number of rotatable bonds is 3. The van der Waals surface area contributed by atoms with Crippen LogP contribution in [-0.4, -0.2) is 24.1 Å². The van der Waals surface area contributed by atoms with Gasteiger partial charge in [0.15, 0.2) is 0 Å². The Bertz CT molecular complexity index is 1010. The van der Waals surface area contributed by atoms with Gasteiger partial charge in [-0.15, -0.1) is 0 Å². The van der Waals surface area contributed by atoms with Gasteiger partial charge in [-0.3, -0.25) is 34.2 Å². The standard InChI is InChI=1S/C12H9ClN4O7/c1-14-10(18)9(11(19)15(2)12(14)20)5-3-6(13)8(17(23)24)4-7(5)16(21)22/h3-4,18H,1-2H3. The Labute approximate surface area is 137 Å². The van der Waals surface area contributed by atoms with E-state index in [1.54, 1.807) is 0 Å². The molecule has 2 aromatic rings. The molecule has 2 rings (SSSR count).